The summed E-state index contributed by atoms with van der Waals surface area (Å²) in [4.78, 5) is 12.3. The third-order valence-corrected chi connectivity index (χ3v) is 4.33. The van der Waals surface area contributed by atoms with Crippen molar-refractivity contribution < 1.29 is 13.6 Å². The number of carbonyl (C=O) groups excluding carboxylic acids is 1. The van der Waals surface area contributed by atoms with Gasteiger partial charge in [0.05, 0.1) is 0 Å². The van der Waals surface area contributed by atoms with Crippen LogP contribution in [0.2, 0.25) is 0 Å². The molecule has 28 heavy (non-hydrogen) atoms. The summed E-state index contributed by atoms with van der Waals surface area (Å²) in [5.74, 6) is -1.33. The van der Waals surface area contributed by atoms with Crippen molar-refractivity contribution >= 4 is 17.5 Å². The first-order valence-electron chi connectivity index (χ1n) is 8.87. The van der Waals surface area contributed by atoms with Gasteiger partial charge in [0.2, 0.25) is 0 Å². The zero-order chi connectivity index (χ0) is 20.3. The second-order valence-electron chi connectivity index (χ2n) is 6.39. The smallest absolute Gasteiger partial charge is 0.319 e. The number of nitrogens with zero attached hydrogens (tertiary/aromatic N) is 2. The normalized spacial score (nSPS) is 11.9. The molecular weight excluding hydrogens is 364 g/mol. The minimum Gasteiger partial charge on any atom is -0.382 e. The first-order valence-corrected chi connectivity index (χ1v) is 8.87. The molecule has 0 aliphatic heterocycles. The lowest BCUT2D eigenvalue weighted by Gasteiger charge is -2.13. The number of rotatable bonds is 5. The number of carbonyl (C=O) groups is 1. The maximum Gasteiger partial charge on any atom is 0.319 e. The zero-order valence-electron chi connectivity index (χ0n) is 15.5. The molecule has 2 aromatic carbocycles. The van der Waals surface area contributed by atoms with E-state index in [1.165, 1.54) is 0 Å². The van der Waals surface area contributed by atoms with E-state index in [1.54, 1.807) is 24.3 Å². The lowest BCUT2D eigenvalue weighted by Crippen LogP contribution is -2.35. The quantitative estimate of drug-likeness (QED) is 0.611. The molecule has 0 fully saturated rings. The van der Waals surface area contributed by atoms with Gasteiger partial charge in [-0.3, -0.25) is 0 Å². The van der Waals surface area contributed by atoms with Crippen molar-refractivity contribution in [3.8, 4) is 16.9 Å². The fourth-order valence-corrected chi connectivity index (χ4v) is 2.66. The van der Waals surface area contributed by atoms with Crippen molar-refractivity contribution in [2.75, 3.05) is 11.1 Å². The Balaban J connectivity index is 2.10. The number of nitrogens with one attached hydrogen (secondary N) is 2. The molecule has 2 amide bonds. The third-order valence-electron chi connectivity index (χ3n) is 4.33. The number of nitrogen functional groups attached to an aromatic ring is 1. The topological polar surface area (TPSA) is 85.0 Å². The number of urea groups is 1. The molecule has 1 aromatic heterocycles. The molecule has 8 heteroatoms. The van der Waals surface area contributed by atoms with Crippen LogP contribution in [0.3, 0.4) is 0 Å². The first-order chi connectivity index (χ1) is 13.4. The molecule has 4 N–H and O–H groups in total. The second kappa shape index (κ2) is 8.08. The molecule has 3 aromatic rings. The minimum atomic E-state index is -0.689. The van der Waals surface area contributed by atoms with E-state index in [0.29, 0.717) is 11.3 Å². The van der Waals surface area contributed by atoms with Crippen molar-refractivity contribution in [2.45, 2.75) is 26.3 Å². The van der Waals surface area contributed by atoms with E-state index in [1.807, 2.05) is 19.9 Å². The Kier molecular flexibility index (Phi) is 5.58. The molecule has 0 spiro atoms. The van der Waals surface area contributed by atoms with Crippen molar-refractivity contribution in [3.63, 3.8) is 0 Å². The number of hydrogen-bond donors (Lipinski definition) is 3. The summed E-state index contributed by atoms with van der Waals surface area (Å²) in [6, 6.07) is 11.5. The van der Waals surface area contributed by atoms with Gasteiger partial charge in [0.25, 0.3) is 0 Å². The molecule has 0 bridgehead atoms. The molecule has 0 radical (unpaired) electrons. The highest BCUT2D eigenvalue weighted by Crippen LogP contribution is 2.34. The van der Waals surface area contributed by atoms with Crippen LogP contribution in [0.15, 0.2) is 48.5 Å². The van der Waals surface area contributed by atoms with Crippen LogP contribution in [-0.2, 0) is 0 Å². The summed E-state index contributed by atoms with van der Waals surface area (Å²) in [6.45, 7) is 3.81. The zero-order valence-corrected chi connectivity index (χ0v) is 15.5. The van der Waals surface area contributed by atoms with Crippen molar-refractivity contribution in [3.05, 3.63) is 60.2 Å². The van der Waals surface area contributed by atoms with Crippen LogP contribution in [0.25, 0.3) is 16.9 Å². The highest BCUT2D eigenvalue weighted by molar-refractivity contribution is 5.97. The van der Waals surface area contributed by atoms with Crippen molar-refractivity contribution in [2.24, 2.45) is 0 Å². The van der Waals surface area contributed by atoms with Gasteiger partial charge in [-0.2, -0.15) is 5.10 Å². The molecule has 6 nitrogen and oxygen atoms in total. The van der Waals surface area contributed by atoms with E-state index in [-0.39, 0.29) is 23.2 Å². The molecule has 0 unspecified atom stereocenters. The predicted octanol–water partition coefficient (Wildman–Crippen LogP) is 4.32. The number of amides is 2. The molecular formula is C20H21F2N5O. The Bertz CT molecular complexity index is 988. The van der Waals surface area contributed by atoms with Crippen LogP contribution in [-0.4, -0.2) is 21.9 Å². The molecule has 146 valence electrons. The van der Waals surface area contributed by atoms with Crippen LogP contribution in [0.1, 0.15) is 20.3 Å². The molecule has 0 saturated carbocycles. The fourth-order valence-electron chi connectivity index (χ4n) is 2.66. The summed E-state index contributed by atoms with van der Waals surface area (Å²) in [6.07, 6.45) is 0.752. The van der Waals surface area contributed by atoms with Crippen molar-refractivity contribution in [1.29, 1.82) is 0 Å². The van der Waals surface area contributed by atoms with E-state index in [2.05, 4.69) is 15.7 Å². The summed E-state index contributed by atoms with van der Waals surface area (Å²) < 4.78 is 29.0. The Hall–Kier alpha value is -3.42. The molecule has 1 atom stereocenters. The Morgan fingerprint density at radius 3 is 2.61 bits per heavy atom. The van der Waals surface area contributed by atoms with Crippen LogP contribution in [0, 0.1) is 11.6 Å². The number of aromatic nitrogens is 2. The number of anilines is 2. The molecule has 0 saturated heterocycles. The van der Waals surface area contributed by atoms with Gasteiger partial charge in [0, 0.05) is 17.7 Å². The summed E-state index contributed by atoms with van der Waals surface area (Å²) in [5, 5.41) is 9.82. The summed E-state index contributed by atoms with van der Waals surface area (Å²) in [5.41, 5.74) is 7.26. The second-order valence-corrected chi connectivity index (χ2v) is 6.39. The minimum absolute atomic E-state index is 0.0114. The fraction of sp³-hybridized carbons (Fsp3) is 0.200. The van der Waals surface area contributed by atoms with E-state index in [9.17, 15) is 13.6 Å². The average Bonchev–Trinajstić information content (AvgIpc) is 3.00. The molecule has 3 rings (SSSR count). The average molecular weight is 385 g/mol. The van der Waals surface area contributed by atoms with Gasteiger partial charge in [-0.1, -0.05) is 37.3 Å². The van der Waals surface area contributed by atoms with Crippen LogP contribution in [0.5, 0.6) is 0 Å². The van der Waals surface area contributed by atoms with Gasteiger partial charge in [-0.05, 0) is 25.5 Å². The van der Waals surface area contributed by atoms with Gasteiger partial charge in [-0.15, -0.1) is 0 Å². The molecule has 0 aliphatic rings. The van der Waals surface area contributed by atoms with Crippen LogP contribution in [0.4, 0.5) is 25.1 Å². The standard InChI is InChI=1S/C20H21F2N5O/c1-3-12(2)24-20(28)25-18-17(13-7-5-4-6-8-13)26-27(19(18)23)16-11-14(21)9-10-15(16)22/h4-12H,3,23H2,1-2H3,(H2,24,25,28)/t12-/m1/s1. The Labute approximate surface area is 161 Å². The van der Waals surface area contributed by atoms with Gasteiger partial charge in [0.1, 0.15) is 28.7 Å². The first kappa shape index (κ1) is 19.3. The van der Waals surface area contributed by atoms with E-state index in [0.717, 1.165) is 29.3 Å². The number of nitrogens with two attached hydrogens (primary N) is 1. The van der Waals surface area contributed by atoms with E-state index < -0.39 is 17.7 Å². The SMILES string of the molecule is CC[C@@H](C)NC(=O)Nc1c(-c2ccccc2)nn(-c2cc(F)ccc2F)c1N. The molecule has 0 aliphatic carbocycles. The number of benzene rings is 2. The van der Waals surface area contributed by atoms with E-state index >= 15 is 0 Å². The van der Waals surface area contributed by atoms with Crippen molar-refractivity contribution in [1.82, 2.24) is 15.1 Å². The monoisotopic (exact) mass is 385 g/mol. The highest BCUT2D eigenvalue weighted by atomic mass is 19.1. The largest absolute Gasteiger partial charge is 0.382 e. The van der Waals surface area contributed by atoms with Gasteiger partial charge in [0.15, 0.2) is 5.82 Å². The lowest BCUT2D eigenvalue weighted by molar-refractivity contribution is 0.249. The maximum absolute atomic E-state index is 14.3. The molecule has 1 heterocycles. The third kappa shape index (κ3) is 3.95. The van der Waals surface area contributed by atoms with Gasteiger partial charge < -0.3 is 16.4 Å². The Morgan fingerprint density at radius 1 is 1.21 bits per heavy atom. The maximum atomic E-state index is 14.3. The van der Waals surface area contributed by atoms with Gasteiger partial charge >= 0.3 is 6.03 Å². The number of hydrogen-bond acceptors (Lipinski definition) is 3. The Morgan fingerprint density at radius 2 is 1.93 bits per heavy atom. The summed E-state index contributed by atoms with van der Waals surface area (Å²) >= 11 is 0. The van der Waals surface area contributed by atoms with E-state index in [4.69, 9.17) is 5.73 Å². The number of halogens is 2. The lowest BCUT2D eigenvalue weighted by atomic mass is 10.1. The van der Waals surface area contributed by atoms with Crippen LogP contribution < -0.4 is 16.4 Å². The highest BCUT2D eigenvalue weighted by Gasteiger charge is 2.22. The van der Waals surface area contributed by atoms with Crippen LogP contribution >= 0.6 is 0 Å². The summed E-state index contributed by atoms with van der Waals surface area (Å²) in [7, 11) is 0. The van der Waals surface area contributed by atoms with Gasteiger partial charge in [-0.25, -0.2) is 18.3 Å². The predicted molar refractivity (Wildman–Crippen MR) is 105 cm³/mol.